The fourth-order valence-corrected chi connectivity index (χ4v) is 1.86. The lowest BCUT2D eigenvalue weighted by Crippen LogP contribution is -2.41. The average molecular weight is 294 g/mol. The highest BCUT2D eigenvalue weighted by Gasteiger charge is 2.26. The number of carbonyl (C=O) groups is 2. The number of carbonyl (C=O) groups excluding carboxylic acids is 1. The second-order valence-electron chi connectivity index (χ2n) is 4.64. The average Bonchev–Trinajstić information content (AvgIpc) is 2.75. The summed E-state index contributed by atoms with van der Waals surface area (Å²) in [6.07, 6.45) is -1.42. The van der Waals surface area contributed by atoms with Gasteiger partial charge >= 0.3 is 18.2 Å². The highest BCUT2D eigenvalue weighted by molar-refractivity contribution is 5.76. The molecule has 1 aliphatic rings. The van der Waals surface area contributed by atoms with Crippen LogP contribution in [0, 0.1) is 5.92 Å². The van der Waals surface area contributed by atoms with Gasteiger partial charge in [0.1, 0.15) is 0 Å². The normalized spacial score (nSPS) is 21.8. The van der Waals surface area contributed by atoms with E-state index in [1.165, 1.54) is 6.08 Å². The molecule has 2 atom stereocenters. The van der Waals surface area contributed by atoms with Crippen molar-refractivity contribution in [1.82, 2.24) is 10.6 Å². The van der Waals surface area contributed by atoms with E-state index >= 15 is 0 Å². The summed E-state index contributed by atoms with van der Waals surface area (Å²) in [5.41, 5.74) is 0. The molecule has 0 aromatic carbocycles. The van der Waals surface area contributed by atoms with Crippen LogP contribution in [0.4, 0.5) is 18.0 Å². The molecule has 2 amide bonds. The van der Waals surface area contributed by atoms with Gasteiger partial charge in [0, 0.05) is 13.0 Å². The number of carboxylic acid groups (broad SMARTS) is 1. The molecule has 0 heterocycles. The van der Waals surface area contributed by atoms with E-state index in [2.05, 4.69) is 10.6 Å². The van der Waals surface area contributed by atoms with Crippen molar-refractivity contribution in [2.24, 2.45) is 5.92 Å². The molecule has 20 heavy (non-hydrogen) atoms. The largest absolute Gasteiger partial charge is 0.481 e. The first kappa shape index (κ1) is 16.3. The van der Waals surface area contributed by atoms with Gasteiger partial charge in [-0.1, -0.05) is 12.2 Å². The maximum absolute atomic E-state index is 11.9. The number of hydrogen-bond acceptors (Lipinski definition) is 2. The molecule has 114 valence electrons. The minimum atomic E-state index is -4.16. The van der Waals surface area contributed by atoms with Gasteiger partial charge in [-0.25, -0.2) is 4.79 Å². The van der Waals surface area contributed by atoms with E-state index in [4.69, 9.17) is 5.11 Å². The molecule has 3 N–H and O–H groups in total. The van der Waals surface area contributed by atoms with Crippen LogP contribution < -0.4 is 10.6 Å². The van der Waals surface area contributed by atoms with Gasteiger partial charge in [0.05, 0.1) is 12.0 Å². The molecule has 0 aromatic heterocycles. The molecular weight excluding hydrogens is 277 g/mol. The SMILES string of the molecule is O=C(NCCCCC(F)(F)F)NC1C=CC(C(=O)O)C1. The molecular formula is C12H17F3N2O3. The lowest BCUT2D eigenvalue weighted by molar-refractivity contribution is -0.140. The van der Waals surface area contributed by atoms with Gasteiger partial charge in [-0.3, -0.25) is 4.79 Å². The van der Waals surface area contributed by atoms with Crippen molar-refractivity contribution in [2.45, 2.75) is 37.9 Å². The molecule has 1 aliphatic carbocycles. The van der Waals surface area contributed by atoms with Crippen molar-refractivity contribution >= 4 is 12.0 Å². The summed E-state index contributed by atoms with van der Waals surface area (Å²) in [6.45, 7) is 0.153. The Morgan fingerprint density at radius 2 is 1.95 bits per heavy atom. The van der Waals surface area contributed by atoms with E-state index in [-0.39, 0.29) is 31.8 Å². The second kappa shape index (κ2) is 7.16. The molecule has 1 rings (SSSR count). The Kier molecular flexibility index (Phi) is 5.84. The van der Waals surface area contributed by atoms with Gasteiger partial charge in [0.2, 0.25) is 0 Å². The van der Waals surface area contributed by atoms with Crippen LogP contribution in [0.5, 0.6) is 0 Å². The van der Waals surface area contributed by atoms with Crippen LogP contribution >= 0.6 is 0 Å². The van der Waals surface area contributed by atoms with Gasteiger partial charge < -0.3 is 15.7 Å². The lowest BCUT2D eigenvalue weighted by Gasteiger charge is -2.13. The summed E-state index contributed by atoms with van der Waals surface area (Å²) < 4.78 is 35.6. The predicted octanol–water partition coefficient (Wildman–Crippen LogP) is 2.05. The summed E-state index contributed by atoms with van der Waals surface area (Å²) in [6, 6.07) is -0.857. The molecule has 0 saturated heterocycles. The van der Waals surface area contributed by atoms with Gasteiger partial charge in [0.15, 0.2) is 0 Å². The van der Waals surface area contributed by atoms with Crippen LogP contribution in [0.1, 0.15) is 25.7 Å². The number of unbranched alkanes of at least 4 members (excludes halogenated alkanes) is 1. The number of nitrogens with one attached hydrogen (secondary N) is 2. The summed E-state index contributed by atoms with van der Waals surface area (Å²) >= 11 is 0. The fourth-order valence-electron chi connectivity index (χ4n) is 1.86. The second-order valence-corrected chi connectivity index (χ2v) is 4.64. The summed E-state index contributed by atoms with van der Waals surface area (Å²) in [5, 5.41) is 13.7. The number of rotatable bonds is 6. The van der Waals surface area contributed by atoms with Crippen molar-refractivity contribution in [3.8, 4) is 0 Å². The number of alkyl halides is 3. The number of hydrogen-bond donors (Lipinski definition) is 3. The molecule has 0 radical (unpaired) electrons. The molecule has 0 saturated carbocycles. The monoisotopic (exact) mass is 294 g/mol. The van der Waals surface area contributed by atoms with E-state index in [0.717, 1.165) is 0 Å². The zero-order valence-corrected chi connectivity index (χ0v) is 10.7. The van der Waals surface area contributed by atoms with Crippen LogP contribution in [0.2, 0.25) is 0 Å². The Morgan fingerprint density at radius 3 is 2.50 bits per heavy atom. The van der Waals surface area contributed by atoms with Gasteiger partial charge in [-0.2, -0.15) is 13.2 Å². The highest BCUT2D eigenvalue weighted by atomic mass is 19.4. The van der Waals surface area contributed by atoms with E-state index in [0.29, 0.717) is 0 Å². The topological polar surface area (TPSA) is 78.4 Å². The minimum Gasteiger partial charge on any atom is -0.481 e. The van der Waals surface area contributed by atoms with Gasteiger partial charge in [0.25, 0.3) is 0 Å². The summed E-state index contributed by atoms with van der Waals surface area (Å²) in [4.78, 5) is 22.1. The number of amides is 2. The van der Waals surface area contributed by atoms with E-state index in [1.807, 2.05) is 0 Å². The Labute approximate surface area is 114 Å². The number of urea groups is 1. The third-order valence-electron chi connectivity index (χ3n) is 2.89. The molecule has 0 spiro atoms. The molecule has 0 aromatic rings. The molecule has 2 unspecified atom stereocenters. The predicted molar refractivity (Wildman–Crippen MR) is 65.1 cm³/mol. The van der Waals surface area contributed by atoms with E-state index < -0.39 is 30.5 Å². The Hall–Kier alpha value is -1.73. The van der Waals surface area contributed by atoms with E-state index in [9.17, 15) is 22.8 Å². The van der Waals surface area contributed by atoms with Crippen LogP contribution in [0.15, 0.2) is 12.2 Å². The van der Waals surface area contributed by atoms with Crippen molar-refractivity contribution in [1.29, 1.82) is 0 Å². The van der Waals surface area contributed by atoms with Crippen molar-refractivity contribution in [2.75, 3.05) is 6.54 Å². The molecule has 8 heteroatoms. The number of halogens is 3. The molecule has 0 bridgehead atoms. The maximum Gasteiger partial charge on any atom is 0.389 e. The Bertz CT molecular complexity index is 383. The fraction of sp³-hybridized carbons (Fsp3) is 0.667. The Balaban J connectivity index is 2.10. The first-order valence-corrected chi connectivity index (χ1v) is 6.30. The molecule has 0 aliphatic heterocycles. The third kappa shape index (κ3) is 6.44. The first-order valence-electron chi connectivity index (χ1n) is 6.30. The van der Waals surface area contributed by atoms with Crippen LogP contribution in [-0.4, -0.2) is 35.9 Å². The summed E-state index contributed by atoms with van der Waals surface area (Å²) in [5.74, 6) is -1.55. The van der Waals surface area contributed by atoms with Crippen molar-refractivity contribution < 1.29 is 27.9 Å². The van der Waals surface area contributed by atoms with Crippen molar-refractivity contribution in [3.05, 3.63) is 12.2 Å². The minimum absolute atomic E-state index is 0.0335. The number of carboxylic acids is 1. The van der Waals surface area contributed by atoms with Gasteiger partial charge in [-0.05, 0) is 19.3 Å². The zero-order chi connectivity index (χ0) is 15.2. The summed E-state index contributed by atoms with van der Waals surface area (Å²) in [7, 11) is 0. The zero-order valence-electron chi connectivity index (χ0n) is 10.7. The van der Waals surface area contributed by atoms with E-state index in [1.54, 1.807) is 6.08 Å². The number of aliphatic carboxylic acids is 1. The Morgan fingerprint density at radius 1 is 1.25 bits per heavy atom. The van der Waals surface area contributed by atoms with Crippen LogP contribution in [0.3, 0.4) is 0 Å². The van der Waals surface area contributed by atoms with Crippen molar-refractivity contribution in [3.63, 3.8) is 0 Å². The van der Waals surface area contributed by atoms with Crippen LogP contribution in [-0.2, 0) is 4.79 Å². The smallest absolute Gasteiger partial charge is 0.389 e. The maximum atomic E-state index is 11.9. The standard InChI is InChI=1S/C12H17F3N2O3/c13-12(14,15)5-1-2-6-16-11(20)17-9-4-3-8(7-9)10(18)19/h3-4,8-9H,1-2,5-7H2,(H,18,19)(H2,16,17,20). The third-order valence-corrected chi connectivity index (χ3v) is 2.89. The van der Waals surface area contributed by atoms with Crippen LogP contribution in [0.25, 0.3) is 0 Å². The molecule has 0 fully saturated rings. The highest BCUT2D eigenvalue weighted by Crippen LogP contribution is 2.21. The first-order chi connectivity index (χ1) is 9.28. The quantitative estimate of drug-likeness (QED) is 0.518. The van der Waals surface area contributed by atoms with Gasteiger partial charge in [-0.15, -0.1) is 0 Å². The lowest BCUT2D eigenvalue weighted by atomic mass is 10.1. The molecule has 5 nitrogen and oxygen atoms in total.